The summed E-state index contributed by atoms with van der Waals surface area (Å²) < 4.78 is 5.94. The number of aryl methyl sites for hydroxylation is 1. The number of nitrogens with one attached hydrogen (secondary N) is 1. The first-order chi connectivity index (χ1) is 15.6. The number of carbonyl (C=O) groups excluding carboxylic acids is 1. The molecule has 0 radical (unpaired) electrons. The molecule has 3 aromatic heterocycles. The van der Waals surface area contributed by atoms with Crippen LogP contribution in [-0.2, 0) is 17.8 Å². The summed E-state index contributed by atoms with van der Waals surface area (Å²) in [5.74, 6) is 1.71. The van der Waals surface area contributed by atoms with Crippen molar-refractivity contribution in [3.8, 4) is 0 Å². The second kappa shape index (κ2) is 8.71. The van der Waals surface area contributed by atoms with Crippen LogP contribution < -0.4 is 5.32 Å². The van der Waals surface area contributed by atoms with Crippen molar-refractivity contribution in [2.45, 2.75) is 39.2 Å². The molecule has 1 aliphatic carbocycles. The summed E-state index contributed by atoms with van der Waals surface area (Å²) in [5.41, 5.74) is 3.98. The molecule has 1 fully saturated rings. The standard InChI is InChI=1S/C26H28N4O2/c1-17-22(11-13-30(2)16-18-6-7-19-10-12-27-15-21(19)14-18)25-23(32-17)8-9-24(28-25)29-26(31)20-4-3-5-20/h6-10,12,14-15,20H,3-5,11,13,16H2,1-2H3,(H,28,29,31). The minimum atomic E-state index is 0.0789. The van der Waals surface area contributed by atoms with E-state index >= 15 is 0 Å². The van der Waals surface area contributed by atoms with E-state index in [0.717, 1.165) is 66.6 Å². The van der Waals surface area contributed by atoms with E-state index in [-0.39, 0.29) is 11.8 Å². The molecule has 0 bridgehead atoms. The van der Waals surface area contributed by atoms with E-state index in [4.69, 9.17) is 9.40 Å². The second-order valence-electron chi connectivity index (χ2n) is 8.84. The highest BCUT2D eigenvalue weighted by Crippen LogP contribution is 2.29. The predicted molar refractivity (Wildman–Crippen MR) is 126 cm³/mol. The van der Waals surface area contributed by atoms with Gasteiger partial charge < -0.3 is 14.6 Å². The number of furan rings is 1. The van der Waals surface area contributed by atoms with Crippen molar-refractivity contribution < 1.29 is 9.21 Å². The summed E-state index contributed by atoms with van der Waals surface area (Å²) in [5, 5.41) is 5.35. The lowest BCUT2D eigenvalue weighted by molar-refractivity contribution is -0.122. The van der Waals surface area contributed by atoms with Gasteiger partial charge in [0.2, 0.25) is 5.91 Å². The Kier molecular flexibility index (Phi) is 5.62. The van der Waals surface area contributed by atoms with Gasteiger partial charge in [0.15, 0.2) is 5.58 Å². The van der Waals surface area contributed by atoms with Crippen LogP contribution in [0.5, 0.6) is 0 Å². The van der Waals surface area contributed by atoms with E-state index < -0.39 is 0 Å². The van der Waals surface area contributed by atoms with Gasteiger partial charge in [0.1, 0.15) is 17.1 Å². The Bertz CT molecular complexity index is 1280. The van der Waals surface area contributed by atoms with Crippen LogP contribution in [0.1, 0.15) is 36.1 Å². The fourth-order valence-electron chi connectivity index (χ4n) is 4.33. The van der Waals surface area contributed by atoms with E-state index in [0.29, 0.717) is 5.82 Å². The average Bonchev–Trinajstić information content (AvgIpc) is 3.05. The number of hydrogen-bond donors (Lipinski definition) is 1. The molecule has 0 spiro atoms. The Morgan fingerprint density at radius 1 is 1.19 bits per heavy atom. The van der Waals surface area contributed by atoms with E-state index in [2.05, 4.69) is 40.4 Å². The third kappa shape index (κ3) is 4.23. The number of anilines is 1. The van der Waals surface area contributed by atoms with Gasteiger partial charge in [0.25, 0.3) is 0 Å². The molecule has 0 aliphatic heterocycles. The largest absolute Gasteiger partial charge is 0.459 e. The SMILES string of the molecule is Cc1oc2ccc(NC(=O)C3CCC3)nc2c1CCN(C)Cc1ccc2ccncc2c1. The monoisotopic (exact) mass is 428 g/mol. The minimum Gasteiger partial charge on any atom is -0.459 e. The van der Waals surface area contributed by atoms with Gasteiger partial charge in [-0.3, -0.25) is 9.78 Å². The topological polar surface area (TPSA) is 71.3 Å². The van der Waals surface area contributed by atoms with Crippen LogP contribution in [0.4, 0.5) is 5.82 Å². The Balaban J connectivity index is 1.27. The first-order valence-corrected chi connectivity index (χ1v) is 11.3. The van der Waals surface area contributed by atoms with Crippen molar-refractivity contribution in [2.24, 2.45) is 5.92 Å². The van der Waals surface area contributed by atoms with Crippen molar-refractivity contribution >= 4 is 33.6 Å². The fraction of sp³-hybridized carbons (Fsp3) is 0.346. The maximum atomic E-state index is 12.3. The molecular formula is C26H28N4O2. The first kappa shape index (κ1) is 20.6. The number of benzene rings is 1. The zero-order valence-corrected chi connectivity index (χ0v) is 18.6. The highest BCUT2D eigenvalue weighted by atomic mass is 16.3. The number of amides is 1. The van der Waals surface area contributed by atoms with E-state index in [1.54, 1.807) is 0 Å². The number of likely N-dealkylation sites (N-methyl/N-ethyl adjacent to an activating group) is 1. The number of pyridine rings is 2. The number of nitrogens with zero attached hydrogens (tertiary/aromatic N) is 3. The van der Waals surface area contributed by atoms with E-state index in [1.807, 2.05) is 37.5 Å². The number of aromatic nitrogens is 2. The van der Waals surface area contributed by atoms with Crippen molar-refractivity contribution in [1.29, 1.82) is 0 Å². The summed E-state index contributed by atoms with van der Waals surface area (Å²) in [6.07, 6.45) is 7.65. The number of carbonyl (C=O) groups is 1. The van der Waals surface area contributed by atoms with Gasteiger partial charge >= 0.3 is 0 Å². The maximum Gasteiger partial charge on any atom is 0.228 e. The van der Waals surface area contributed by atoms with Gasteiger partial charge in [0, 0.05) is 42.4 Å². The molecule has 1 aromatic carbocycles. The first-order valence-electron chi connectivity index (χ1n) is 11.3. The lowest BCUT2D eigenvalue weighted by Crippen LogP contribution is -2.28. The predicted octanol–water partition coefficient (Wildman–Crippen LogP) is 5.10. The number of rotatable bonds is 7. The van der Waals surface area contributed by atoms with Crippen LogP contribution in [0.3, 0.4) is 0 Å². The molecule has 5 rings (SSSR count). The molecule has 1 N–H and O–H groups in total. The Morgan fingerprint density at radius 3 is 2.88 bits per heavy atom. The fourth-order valence-corrected chi connectivity index (χ4v) is 4.33. The highest BCUT2D eigenvalue weighted by Gasteiger charge is 2.25. The number of fused-ring (bicyclic) bond motifs is 2. The van der Waals surface area contributed by atoms with Crippen LogP contribution in [0, 0.1) is 12.8 Å². The highest BCUT2D eigenvalue weighted by molar-refractivity contribution is 5.93. The summed E-state index contributed by atoms with van der Waals surface area (Å²) in [6, 6.07) is 12.3. The van der Waals surface area contributed by atoms with Crippen LogP contribution in [0.25, 0.3) is 21.9 Å². The Hall–Kier alpha value is -3.25. The quantitative estimate of drug-likeness (QED) is 0.444. The van der Waals surface area contributed by atoms with Crippen molar-refractivity contribution in [2.75, 3.05) is 18.9 Å². The molecule has 164 valence electrons. The molecule has 1 saturated carbocycles. The molecule has 6 heteroatoms. The third-order valence-electron chi connectivity index (χ3n) is 6.46. The van der Waals surface area contributed by atoms with Crippen LogP contribution >= 0.6 is 0 Å². The maximum absolute atomic E-state index is 12.3. The normalized spacial score (nSPS) is 14.2. The van der Waals surface area contributed by atoms with Gasteiger partial charge in [-0.15, -0.1) is 0 Å². The molecule has 6 nitrogen and oxygen atoms in total. The van der Waals surface area contributed by atoms with E-state index in [1.165, 1.54) is 10.9 Å². The average molecular weight is 429 g/mol. The molecule has 0 unspecified atom stereocenters. The Labute approximate surface area is 187 Å². The van der Waals surface area contributed by atoms with Gasteiger partial charge in [-0.2, -0.15) is 0 Å². The minimum absolute atomic E-state index is 0.0789. The second-order valence-corrected chi connectivity index (χ2v) is 8.84. The zero-order valence-electron chi connectivity index (χ0n) is 18.6. The van der Waals surface area contributed by atoms with Gasteiger partial charge in [-0.1, -0.05) is 18.6 Å². The molecule has 32 heavy (non-hydrogen) atoms. The van der Waals surface area contributed by atoms with Crippen LogP contribution in [0.2, 0.25) is 0 Å². The van der Waals surface area contributed by atoms with Gasteiger partial charge in [0.05, 0.1) is 0 Å². The lowest BCUT2D eigenvalue weighted by Gasteiger charge is -2.23. The van der Waals surface area contributed by atoms with Gasteiger partial charge in [-0.25, -0.2) is 4.98 Å². The molecule has 0 atom stereocenters. The third-order valence-corrected chi connectivity index (χ3v) is 6.46. The smallest absolute Gasteiger partial charge is 0.228 e. The van der Waals surface area contributed by atoms with Crippen LogP contribution in [0.15, 0.2) is 53.2 Å². The summed E-state index contributed by atoms with van der Waals surface area (Å²) in [7, 11) is 2.13. The summed E-state index contributed by atoms with van der Waals surface area (Å²) in [4.78, 5) is 23.6. The van der Waals surface area contributed by atoms with Crippen LogP contribution in [-0.4, -0.2) is 34.4 Å². The molecule has 3 heterocycles. The van der Waals surface area contributed by atoms with E-state index in [9.17, 15) is 4.79 Å². The zero-order chi connectivity index (χ0) is 22.1. The number of hydrogen-bond acceptors (Lipinski definition) is 5. The molecule has 1 aliphatic rings. The summed E-state index contributed by atoms with van der Waals surface area (Å²) >= 11 is 0. The Morgan fingerprint density at radius 2 is 2.06 bits per heavy atom. The van der Waals surface area contributed by atoms with Crippen molar-refractivity contribution in [3.63, 3.8) is 0 Å². The lowest BCUT2D eigenvalue weighted by atomic mass is 9.85. The molecule has 1 amide bonds. The molecule has 0 saturated heterocycles. The molecule has 4 aromatic rings. The van der Waals surface area contributed by atoms with Crippen molar-refractivity contribution in [3.05, 3.63) is 65.7 Å². The molecular weight excluding hydrogens is 400 g/mol. The summed E-state index contributed by atoms with van der Waals surface area (Å²) in [6.45, 7) is 3.72. The van der Waals surface area contributed by atoms with Crippen molar-refractivity contribution in [1.82, 2.24) is 14.9 Å². The van der Waals surface area contributed by atoms with Gasteiger partial charge in [-0.05, 0) is 68.4 Å².